The van der Waals surface area contributed by atoms with Gasteiger partial charge in [-0.15, -0.1) is 0 Å². The van der Waals surface area contributed by atoms with E-state index in [0.29, 0.717) is 0 Å². The van der Waals surface area contributed by atoms with Crippen molar-refractivity contribution >= 4 is 5.91 Å². The Morgan fingerprint density at radius 1 is 1.44 bits per heavy atom. The van der Waals surface area contributed by atoms with E-state index in [4.69, 9.17) is 10.00 Å². The van der Waals surface area contributed by atoms with E-state index in [1.807, 2.05) is 7.05 Å². The van der Waals surface area contributed by atoms with E-state index in [1.54, 1.807) is 4.90 Å². The van der Waals surface area contributed by atoms with Gasteiger partial charge in [0.2, 0.25) is 5.91 Å². The molecule has 0 aromatic heterocycles. The third-order valence-electron chi connectivity index (χ3n) is 3.79. The fourth-order valence-corrected chi connectivity index (χ4v) is 2.76. The zero-order valence-electron chi connectivity index (χ0n) is 11.0. The molecule has 2 heterocycles. The van der Waals surface area contributed by atoms with Crippen molar-refractivity contribution in [2.75, 3.05) is 33.3 Å². The molecule has 0 spiro atoms. The van der Waals surface area contributed by atoms with Gasteiger partial charge in [-0.05, 0) is 19.3 Å². The molecule has 2 aliphatic heterocycles. The highest BCUT2D eigenvalue weighted by Gasteiger charge is 2.32. The molecule has 2 aliphatic rings. The summed E-state index contributed by atoms with van der Waals surface area (Å²) in [6.07, 6.45) is 3.66. The van der Waals surface area contributed by atoms with Gasteiger partial charge < -0.3 is 9.64 Å². The van der Waals surface area contributed by atoms with E-state index in [1.165, 1.54) is 0 Å². The molecule has 2 atom stereocenters. The summed E-state index contributed by atoms with van der Waals surface area (Å²) in [7, 11) is 1.82. The Morgan fingerprint density at radius 2 is 2.28 bits per heavy atom. The molecule has 0 aliphatic carbocycles. The number of carbonyl (C=O) groups is 1. The van der Waals surface area contributed by atoms with Crippen molar-refractivity contribution in [3.05, 3.63) is 0 Å². The smallest absolute Gasteiger partial charge is 0.240 e. The van der Waals surface area contributed by atoms with Crippen molar-refractivity contribution < 1.29 is 9.53 Å². The van der Waals surface area contributed by atoms with Crippen LogP contribution < -0.4 is 0 Å². The zero-order valence-corrected chi connectivity index (χ0v) is 11.0. The van der Waals surface area contributed by atoms with Crippen LogP contribution in [0, 0.1) is 11.3 Å². The van der Waals surface area contributed by atoms with E-state index in [0.717, 1.165) is 45.5 Å². The topological polar surface area (TPSA) is 56.6 Å². The molecular weight excluding hydrogens is 230 g/mol. The van der Waals surface area contributed by atoms with E-state index in [2.05, 4.69) is 11.0 Å². The van der Waals surface area contributed by atoms with Crippen LogP contribution in [0.15, 0.2) is 0 Å². The predicted molar refractivity (Wildman–Crippen MR) is 66.8 cm³/mol. The Labute approximate surface area is 108 Å². The molecule has 2 unspecified atom stereocenters. The summed E-state index contributed by atoms with van der Waals surface area (Å²) in [6, 6.07) is 1.86. The van der Waals surface area contributed by atoms with Gasteiger partial charge in [0.15, 0.2) is 0 Å². The van der Waals surface area contributed by atoms with Crippen molar-refractivity contribution in [1.82, 2.24) is 9.80 Å². The van der Waals surface area contributed by atoms with Crippen molar-refractivity contribution in [3.63, 3.8) is 0 Å². The van der Waals surface area contributed by atoms with Gasteiger partial charge >= 0.3 is 0 Å². The Hall–Kier alpha value is -1.12. The normalized spacial score (nSPS) is 30.2. The van der Waals surface area contributed by atoms with E-state index in [-0.39, 0.29) is 24.5 Å². The van der Waals surface area contributed by atoms with E-state index in [9.17, 15) is 4.79 Å². The highest BCUT2D eigenvalue weighted by Crippen LogP contribution is 2.18. The molecule has 0 saturated carbocycles. The van der Waals surface area contributed by atoms with Crippen molar-refractivity contribution in [2.45, 2.75) is 37.8 Å². The maximum absolute atomic E-state index is 12.2. The van der Waals surface area contributed by atoms with Gasteiger partial charge in [-0.25, -0.2) is 0 Å². The molecule has 2 rings (SSSR count). The maximum Gasteiger partial charge on any atom is 0.240 e. The fraction of sp³-hybridized carbons (Fsp3) is 0.846. The summed E-state index contributed by atoms with van der Waals surface area (Å²) >= 11 is 0. The van der Waals surface area contributed by atoms with Crippen LogP contribution in [0.3, 0.4) is 0 Å². The molecule has 5 heteroatoms. The lowest BCUT2D eigenvalue weighted by molar-refractivity contribution is -0.134. The Morgan fingerprint density at radius 3 is 2.94 bits per heavy atom. The molecule has 1 amide bonds. The minimum absolute atomic E-state index is 0.0760. The summed E-state index contributed by atoms with van der Waals surface area (Å²) in [5.74, 6) is 0.0760. The van der Waals surface area contributed by atoms with Crippen LogP contribution in [0.4, 0.5) is 0 Å². The van der Waals surface area contributed by atoms with Gasteiger partial charge in [0.1, 0.15) is 6.04 Å². The van der Waals surface area contributed by atoms with Crippen LogP contribution in [0.1, 0.15) is 25.7 Å². The summed E-state index contributed by atoms with van der Waals surface area (Å²) < 4.78 is 5.64. The van der Waals surface area contributed by atoms with Gasteiger partial charge in [0.05, 0.1) is 18.6 Å². The Balaban J connectivity index is 2.04. The van der Waals surface area contributed by atoms with Crippen LogP contribution in [-0.2, 0) is 9.53 Å². The highest BCUT2D eigenvalue weighted by atomic mass is 16.5. The third kappa shape index (κ3) is 3.01. The van der Waals surface area contributed by atoms with E-state index >= 15 is 0 Å². The largest absolute Gasteiger partial charge is 0.377 e. The van der Waals surface area contributed by atoms with Gasteiger partial charge in [-0.3, -0.25) is 9.69 Å². The van der Waals surface area contributed by atoms with Crippen LogP contribution >= 0.6 is 0 Å². The average molecular weight is 251 g/mol. The first-order chi connectivity index (χ1) is 8.72. The monoisotopic (exact) mass is 251 g/mol. The number of nitrogens with zero attached hydrogens (tertiary/aromatic N) is 3. The maximum atomic E-state index is 12.2. The molecule has 0 aromatic rings. The van der Waals surface area contributed by atoms with Crippen molar-refractivity contribution in [1.29, 1.82) is 5.26 Å². The summed E-state index contributed by atoms with van der Waals surface area (Å²) in [5, 5.41) is 8.91. The predicted octanol–water partition coefficient (Wildman–Crippen LogP) is 0.612. The lowest BCUT2D eigenvalue weighted by Gasteiger charge is -2.29. The molecule has 100 valence electrons. The lowest BCUT2D eigenvalue weighted by Crippen LogP contribution is -2.47. The summed E-state index contributed by atoms with van der Waals surface area (Å²) in [4.78, 5) is 16.1. The number of rotatable bonds is 3. The van der Waals surface area contributed by atoms with E-state index < -0.39 is 0 Å². The minimum atomic E-state index is -0.285. The fourth-order valence-electron chi connectivity index (χ4n) is 2.76. The van der Waals surface area contributed by atoms with Gasteiger partial charge in [-0.1, -0.05) is 0 Å². The summed E-state index contributed by atoms with van der Waals surface area (Å²) in [5.41, 5.74) is 0. The number of hydrogen-bond acceptors (Lipinski definition) is 4. The molecule has 5 nitrogen and oxygen atoms in total. The highest BCUT2D eigenvalue weighted by molar-refractivity contribution is 5.82. The van der Waals surface area contributed by atoms with Crippen LogP contribution in [0.2, 0.25) is 0 Å². The second kappa shape index (κ2) is 6.17. The van der Waals surface area contributed by atoms with Crippen LogP contribution in [0.5, 0.6) is 0 Å². The molecule has 0 bridgehead atoms. The quantitative estimate of drug-likeness (QED) is 0.737. The Bertz CT molecular complexity index is 334. The molecular formula is C13H21N3O2. The molecule has 2 saturated heterocycles. The van der Waals surface area contributed by atoms with Gasteiger partial charge in [-0.2, -0.15) is 5.26 Å². The second-order valence-corrected chi connectivity index (χ2v) is 5.12. The molecule has 2 fully saturated rings. The second-order valence-electron chi connectivity index (χ2n) is 5.12. The Kier molecular flexibility index (Phi) is 4.56. The van der Waals surface area contributed by atoms with Crippen LogP contribution in [0.25, 0.3) is 0 Å². The molecule has 0 radical (unpaired) electrons. The average Bonchev–Trinajstić information content (AvgIpc) is 2.82. The molecule has 0 N–H and O–H groups in total. The SMILES string of the molecule is CN1CCCN(CC2CCCO2)C(CC#N)C1=O. The first-order valence-electron chi connectivity index (χ1n) is 6.70. The number of carbonyl (C=O) groups excluding carboxylic acids is 1. The number of likely N-dealkylation sites (N-methyl/N-ethyl adjacent to an activating group) is 1. The van der Waals surface area contributed by atoms with Gasteiger partial charge in [0.25, 0.3) is 0 Å². The number of nitriles is 1. The third-order valence-corrected chi connectivity index (χ3v) is 3.79. The number of amides is 1. The first kappa shape index (κ1) is 13.3. The number of hydrogen-bond donors (Lipinski definition) is 0. The molecule has 18 heavy (non-hydrogen) atoms. The van der Waals surface area contributed by atoms with Gasteiger partial charge in [0, 0.05) is 33.3 Å². The minimum Gasteiger partial charge on any atom is -0.377 e. The summed E-state index contributed by atoms with van der Waals surface area (Å²) in [6.45, 7) is 3.27. The lowest BCUT2D eigenvalue weighted by atomic mass is 10.1. The van der Waals surface area contributed by atoms with Crippen molar-refractivity contribution in [2.24, 2.45) is 0 Å². The standard InChI is InChI=1S/C13H21N3O2/c1-15-7-3-8-16(10-11-4-2-9-18-11)12(5-6-14)13(15)17/h11-12H,2-5,7-10H2,1H3. The zero-order chi connectivity index (χ0) is 13.0. The first-order valence-corrected chi connectivity index (χ1v) is 6.70. The van der Waals surface area contributed by atoms with Crippen molar-refractivity contribution in [3.8, 4) is 6.07 Å². The molecule has 0 aromatic carbocycles. The van der Waals surface area contributed by atoms with Crippen LogP contribution in [-0.4, -0.2) is 61.1 Å². The number of ether oxygens (including phenoxy) is 1.